The Morgan fingerprint density at radius 3 is 2.05 bits per heavy atom. The van der Waals surface area contributed by atoms with Gasteiger partial charge in [-0.05, 0) is 44.4 Å². The highest BCUT2D eigenvalue weighted by Crippen LogP contribution is 2.27. The van der Waals surface area contributed by atoms with Gasteiger partial charge in [-0.3, -0.25) is 4.79 Å². The van der Waals surface area contributed by atoms with Crippen molar-refractivity contribution in [1.82, 2.24) is 4.90 Å². The van der Waals surface area contributed by atoms with Crippen LogP contribution in [-0.4, -0.2) is 23.9 Å². The lowest BCUT2D eigenvalue weighted by atomic mass is 9.82. The first-order chi connectivity index (χ1) is 8.67. The number of amides is 1. The van der Waals surface area contributed by atoms with Gasteiger partial charge in [0.1, 0.15) is 0 Å². The van der Waals surface area contributed by atoms with E-state index < -0.39 is 5.41 Å². The van der Waals surface area contributed by atoms with Crippen molar-refractivity contribution >= 4 is 11.6 Å². The normalized spacial score (nSPS) is 13.4. The van der Waals surface area contributed by atoms with Crippen LogP contribution in [0.15, 0.2) is 24.3 Å². The van der Waals surface area contributed by atoms with Crippen molar-refractivity contribution in [3.8, 4) is 0 Å². The fraction of sp³-hybridized carbons (Fsp3) is 0.562. The maximum absolute atomic E-state index is 12.7. The van der Waals surface area contributed by atoms with Crippen LogP contribution in [-0.2, 0) is 10.2 Å². The van der Waals surface area contributed by atoms with Gasteiger partial charge in [0.2, 0.25) is 5.91 Å². The molecule has 1 aromatic rings. The SMILES string of the molecule is CC(C)C(C)N(C)C(=O)C(C)(C)c1ccc(N)cc1. The molecule has 3 heteroatoms. The molecule has 0 aliphatic carbocycles. The van der Waals surface area contributed by atoms with Crippen molar-refractivity contribution in [2.24, 2.45) is 5.92 Å². The zero-order valence-electron chi connectivity index (χ0n) is 12.9. The fourth-order valence-electron chi connectivity index (χ4n) is 2.10. The minimum absolute atomic E-state index is 0.137. The Morgan fingerprint density at radius 1 is 1.16 bits per heavy atom. The number of carbonyl (C=O) groups excluding carboxylic acids is 1. The third-order valence-electron chi connectivity index (χ3n) is 4.06. The predicted molar refractivity (Wildman–Crippen MR) is 81.0 cm³/mol. The molecule has 3 nitrogen and oxygen atoms in total. The van der Waals surface area contributed by atoms with E-state index in [1.807, 2.05) is 50.1 Å². The summed E-state index contributed by atoms with van der Waals surface area (Å²) in [6.07, 6.45) is 0. The van der Waals surface area contributed by atoms with Gasteiger partial charge in [0.25, 0.3) is 0 Å². The zero-order valence-corrected chi connectivity index (χ0v) is 12.9. The highest BCUT2D eigenvalue weighted by atomic mass is 16.2. The number of nitrogens with zero attached hydrogens (tertiary/aromatic N) is 1. The minimum Gasteiger partial charge on any atom is -0.399 e. The molecule has 0 saturated heterocycles. The molecule has 106 valence electrons. The lowest BCUT2D eigenvalue weighted by Gasteiger charge is -2.35. The lowest BCUT2D eigenvalue weighted by molar-refractivity contribution is -0.137. The lowest BCUT2D eigenvalue weighted by Crippen LogP contribution is -2.47. The predicted octanol–water partition coefficient (Wildman–Crippen LogP) is 3.05. The number of hydrogen-bond donors (Lipinski definition) is 1. The summed E-state index contributed by atoms with van der Waals surface area (Å²) in [4.78, 5) is 14.5. The molecule has 1 aromatic carbocycles. The first-order valence-electron chi connectivity index (χ1n) is 6.81. The van der Waals surface area contributed by atoms with Gasteiger partial charge in [-0.1, -0.05) is 26.0 Å². The molecule has 0 aliphatic rings. The molecule has 1 amide bonds. The first kappa shape index (κ1) is 15.5. The highest BCUT2D eigenvalue weighted by molar-refractivity contribution is 5.87. The van der Waals surface area contributed by atoms with Gasteiger partial charge in [-0.2, -0.15) is 0 Å². The molecule has 1 unspecified atom stereocenters. The number of benzene rings is 1. The summed E-state index contributed by atoms with van der Waals surface area (Å²) in [5.74, 6) is 0.578. The number of carbonyl (C=O) groups is 1. The van der Waals surface area contributed by atoms with Crippen LogP contribution >= 0.6 is 0 Å². The average molecular weight is 262 g/mol. The Labute approximate surface area is 116 Å². The third-order valence-corrected chi connectivity index (χ3v) is 4.06. The molecular weight excluding hydrogens is 236 g/mol. The van der Waals surface area contributed by atoms with Gasteiger partial charge in [-0.15, -0.1) is 0 Å². The number of nitrogens with two attached hydrogens (primary N) is 1. The van der Waals surface area contributed by atoms with Crippen molar-refractivity contribution in [1.29, 1.82) is 0 Å². The molecule has 0 saturated carbocycles. The monoisotopic (exact) mass is 262 g/mol. The third kappa shape index (κ3) is 3.28. The fourth-order valence-corrected chi connectivity index (χ4v) is 2.10. The van der Waals surface area contributed by atoms with Crippen LogP contribution in [0.3, 0.4) is 0 Å². The van der Waals surface area contributed by atoms with E-state index in [0.29, 0.717) is 5.92 Å². The topological polar surface area (TPSA) is 46.3 Å². The van der Waals surface area contributed by atoms with Crippen LogP contribution in [0.1, 0.15) is 40.2 Å². The molecule has 0 aliphatic heterocycles. The maximum Gasteiger partial charge on any atom is 0.232 e. The van der Waals surface area contributed by atoms with Crippen molar-refractivity contribution in [2.45, 2.75) is 46.1 Å². The van der Waals surface area contributed by atoms with Crippen LogP contribution in [0.5, 0.6) is 0 Å². The Balaban J connectivity index is 2.99. The number of nitrogen functional groups attached to an aromatic ring is 1. The Hall–Kier alpha value is -1.51. The standard InChI is InChI=1S/C16H26N2O/c1-11(2)12(3)18(6)15(19)16(4,5)13-7-9-14(17)10-8-13/h7-12H,17H2,1-6H3. The molecule has 0 bridgehead atoms. The summed E-state index contributed by atoms with van der Waals surface area (Å²) in [6.45, 7) is 10.3. The number of rotatable bonds is 4. The van der Waals surface area contributed by atoms with E-state index in [9.17, 15) is 4.79 Å². The quantitative estimate of drug-likeness (QED) is 0.848. The molecule has 0 radical (unpaired) electrons. The number of hydrogen-bond acceptors (Lipinski definition) is 2. The van der Waals surface area contributed by atoms with Crippen molar-refractivity contribution < 1.29 is 4.79 Å². The van der Waals surface area contributed by atoms with Gasteiger partial charge in [-0.25, -0.2) is 0 Å². The Morgan fingerprint density at radius 2 is 1.63 bits per heavy atom. The van der Waals surface area contributed by atoms with Gasteiger partial charge < -0.3 is 10.6 Å². The first-order valence-corrected chi connectivity index (χ1v) is 6.81. The maximum atomic E-state index is 12.7. The second-order valence-electron chi connectivity index (χ2n) is 6.15. The van der Waals surface area contributed by atoms with E-state index in [0.717, 1.165) is 11.3 Å². The van der Waals surface area contributed by atoms with Gasteiger partial charge in [0.05, 0.1) is 5.41 Å². The van der Waals surface area contributed by atoms with Crippen molar-refractivity contribution in [3.63, 3.8) is 0 Å². The number of anilines is 1. The molecule has 1 atom stereocenters. The summed E-state index contributed by atoms with van der Waals surface area (Å²) in [6, 6.07) is 7.77. The van der Waals surface area contributed by atoms with Gasteiger partial charge in [0.15, 0.2) is 0 Å². The van der Waals surface area contributed by atoms with Crippen LogP contribution in [0.25, 0.3) is 0 Å². The summed E-state index contributed by atoms with van der Waals surface area (Å²) in [7, 11) is 1.88. The summed E-state index contributed by atoms with van der Waals surface area (Å²) in [5.41, 5.74) is 6.88. The van der Waals surface area contributed by atoms with E-state index in [1.165, 1.54) is 0 Å². The van der Waals surface area contributed by atoms with E-state index in [2.05, 4.69) is 20.8 Å². The summed E-state index contributed by atoms with van der Waals surface area (Å²) >= 11 is 0. The van der Waals surface area contributed by atoms with Crippen LogP contribution in [0.4, 0.5) is 5.69 Å². The van der Waals surface area contributed by atoms with E-state index in [1.54, 1.807) is 0 Å². The second kappa shape index (κ2) is 5.64. The Bertz CT molecular complexity index is 435. The smallest absolute Gasteiger partial charge is 0.232 e. The molecule has 19 heavy (non-hydrogen) atoms. The molecular formula is C16H26N2O. The van der Waals surface area contributed by atoms with E-state index in [-0.39, 0.29) is 11.9 Å². The highest BCUT2D eigenvalue weighted by Gasteiger charge is 2.34. The van der Waals surface area contributed by atoms with Crippen molar-refractivity contribution in [3.05, 3.63) is 29.8 Å². The molecule has 0 aromatic heterocycles. The second-order valence-corrected chi connectivity index (χ2v) is 6.15. The molecule has 2 N–H and O–H groups in total. The summed E-state index contributed by atoms with van der Waals surface area (Å²) in [5, 5.41) is 0. The average Bonchev–Trinajstić information content (AvgIpc) is 2.36. The van der Waals surface area contributed by atoms with Crippen molar-refractivity contribution in [2.75, 3.05) is 12.8 Å². The zero-order chi connectivity index (χ0) is 14.8. The largest absolute Gasteiger partial charge is 0.399 e. The molecule has 0 heterocycles. The van der Waals surface area contributed by atoms with Gasteiger partial charge >= 0.3 is 0 Å². The van der Waals surface area contributed by atoms with E-state index >= 15 is 0 Å². The minimum atomic E-state index is -0.536. The van der Waals surface area contributed by atoms with E-state index in [4.69, 9.17) is 5.73 Å². The molecule has 1 rings (SSSR count). The van der Waals surface area contributed by atoms with Crippen LogP contribution < -0.4 is 5.73 Å². The van der Waals surface area contributed by atoms with Crippen LogP contribution in [0.2, 0.25) is 0 Å². The molecule has 0 fully saturated rings. The number of likely N-dealkylation sites (N-methyl/N-ethyl adjacent to an activating group) is 1. The Kier molecular flexibility index (Phi) is 4.61. The van der Waals surface area contributed by atoms with Gasteiger partial charge in [0, 0.05) is 18.8 Å². The molecule has 0 spiro atoms. The summed E-state index contributed by atoms with van der Waals surface area (Å²) < 4.78 is 0. The van der Waals surface area contributed by atoms with Crippen LogP contribution in [0, 0.1) is 5.92 Å².